The molecule has 6 nitrogen and oxygen atoms in total. The van der Waals surface area contributed by atoms with E-state index in [1.807, 2.05) is 20.8 Å². The van der Waals surface area contributed by atoms with Crippen LogP contribution >= 0.6 is 0 Å². The van der Waals surface area contributed by atoms with E-state index < -0.39 is 29.7 Å². The number of likely N-dealkylation sites (tertiary alicyclic amines) is 1. The summed E-state index contributed by atoms with van der Waals surface area (Å²) in [6, 6.07) is 7.41. The van der Waals surface area contributed by atoms with Crippen LogP contribution in [0.15, 0.2) is 30.3 Å². The van der Waals surface area contributed by atoms with Gasteiger partial charge in [0, 0.05) is 11.1 Å². The van der Waals surface area contributed by atoms with Crippen LogP contribution in [0.3, 0.4) is 0 Å². The molecule has 120 valence electrons. The standard InChI is InChI=1S/C16H22N2O4/c1-16(2,3)17-14(21)12-13(20)11(19)9-18(12)15(22)10-7-5-4-6-8-10/h4-8,11-13,19-20H,9H2,1-3H3,(H,17,21)/t11-,12-,13-/m0/s1. The largest absolute Gasteiger partial charge is 0.388 e. The highest BCUT2D eigenvalue weighted by molar-refractivity contribution is 5.98. The Balaban J connectivity index is 2.25. The number of hydrogen-bond donors (Lipinski definition) is 3. The summed E-state index contributed by atoms with van der Waals surface area (Å²) in [6.07, 6.45) is -2.43. The first-order valence-electron chi connectivity index (χ1n) is 7.25. The third-order valence-corrected chi connectivity index (χ3v) is 3.49. The molecular formula is C16H22N2O4. The molecule has 22 heavy (non-hydrogen) atoms. The number of hydrogen-bond acceptors (Lipinski definition) is 4. The fraction of sp³-hybridized carbons (Fsp3) is 0.500. The lowest BCUT2D eigenvalue weighted by Gasteiger charge is -2.29. The molecule has 1 heterocycles. The van der Waals surface area contributed by atoms with Gasteiger partial charge in [-0.3, -0.25) is 9.59 Å². The minimum Gasteiger partial charge on any atom is -0.388 e. The Bertz CT molecular complexity index is 553. The lowest BCUT2D eigenvalue weighted by atomic mass is 10.1. The number of aliphatic hydroxyl groups excluding tert-OH is 2. The second-order valence-corrected chi connectivity index (χ2v) is 6.57. The Kier molecular flexibility index (Phi) is 4.53. The summed E-state index contributed by atoms with van der Waals surface area (Å²) in [5.41, 5.74) is -0.0800. The van der Waals surface area contributed by atoms with Crippen molar-refractivity contribution < 1.29 is 19.8 Å². The maximum Gasteiger partial charge on any atom is 0.254 e. The van der Waals surface area contributed by atoms with Gasteiger partial charge in [0.25, 0.3) is 5.91 Å². The molecule has 1 aromatic rings. The molecule has 2 rings (SSSR count). The molecule has 3 N–H and O–H groups in total. The minimum absolute atomic E-state index is 0.0723. The van der Waals surface area contributed by atoms with Gasteiger partial charge in [-0.15, -0.1) is 0 Å². The van der Waals surface area contributed by atoms with Crippen LogP contribution in [-0.2, 0) is 4.79 Å². The van der Waals surface area contributed by atoms with Gasteiger partial charge in [-0.05, 0) is 32.9 Å². The third-order valence-electron chi connectivity index (χ3n) is 3.49. The zero-order valence-electron chi connectivity index (χ0n) is 13.0. The number of nitrogens with one attached hydrogen (secondary N) is 1. The molecule has 0 saturated carbocycles. The van der Waals surface area contributed by atoms with Crippen molar-refractivity contribution in [3.8, 4) is 0 Å². The van der Waals surface area contributed by atoms with Crippen molar-refractivity contribution in [2.24, 2.45) is 0 Å². The zero-order valence-corrected chi connectivity index (χ0v) is 13.0. The minimum atomic E-state index is -1.30. The van der Waals surface area contributed by atoms with Gasteiger partial charge in [0.15, 0.2) is 0 Å². The summed E-state index contributed by atoms with van der Waals surface area (Å²) >= 11 is 0. The topological polar surface area (TPSA) is 89.9 Å². The van der Waals surface area contributed by atoms with Gasteiger partial charge in [0.05, 0.1) is 6.54 Å². The van der Waals surface area contributed by atoms with Crippen molar-refractivity contribution >= 4 is 11.8 Å². The van der Waals surface area contributed by atoms with Gasteiger partial charge in [-0.2, -0.15) is 0 Å². The molecule has 1 saturated heterocycles. The molecule has 1 fully saturated rings. The monoisotopic (exact) mass is 306 g/mol. The predicted molar refractivity (Wildman–Crippen MR) is 81.2 cm³/mol. The van der Waals surface area contributed by atoms with E-state index in [0.717, 1.165) is 0 Å². The number of rotatable bonds is 2. The molecule has 0 aliphatic carbocycles. The maximum absolute atomic E-state index is 12.5. The van der Waals surface area contributed by atoms with Gasteiger partial charge in [-0.1, -0.05) is 18.2 Å². The quantitative estimate of drug-likeness (QED) is 0.725. The summed E-state index contributed by atoms with van der Waals surface area (Å²) < 4.78 is 0. The van der Waals surface area contributed by atoms with Crippen molar-refractivity contribution in [1.82, 2.24) is 10.2 Å². The number of aliphatic hydroxyl groups is 2. The zero-order chi connectivity index (χ0) is 16.5. The van der Waals surface area contributed by atoms with E-state index in [-0.39, 0.29) is 12.5 Å². The molecule has 0 radical (unpaired) electrons. The van der Waals surface area contributed by atoms with E-state index in [0.29, 0.717) is 5.56 Å². The number of amides is 2. The molecule has 1 aromatic carbocycles. The third kappa shape index (κ3) is 3.45. The Morgan fingerprint density at radius 1 is 1.18 bits per heavy atom. The van der Waals surface area contributed by atoms with Gasteiger partial charge in [0.2, 0.25) is 5.91 Å². The molecule has 0 aromatic heterocycles. The second kappa shape index (κ2) is 6.06. The number of nitrogens with zero attached hydrogens (tertiary/aromatic N) is 1. The Morgan fingerprint density at radius 2 is 1.77 bits per heavy atom. The SMILES string of the molecule is CC(C)(C)NC(=O)[C@@H]1[C@@H](O)[C@@H](O)CN1C(=O)c1ccccc1. The molecule has 6 heteroatoms. The van der Waals surface area contributed by atoms with Gasteiger partial charge in [-0.25, -0.2) is 0 Å². The normalized spacial score (nSPS) is 25.1. The van der Waals surface area contributed by atoms with Crippen LogP contribution in [0.1, 0.15) is 31.1 Å². The smallest absolute Gasteiger partial charge is 0.254 e. The molecule has 3 atom stereocenters. The van der Waals surface area contributed by atoms with Crippen LogP contribution in [-0.4, -0.2) is 57.3 Å². The van der Waals surface area contributed by atoms with E-state index in [9.17, 15) is 19.8 Å². The van der Waals surface area contributed by atoms with Crippen LogP contribution in [0, 0.1) is 0 Å². The summed E-state index contributed by atoms with van der Waals surface area (Å²) in [5, 5.41) is 22.7. The van der Waals surface area contributed by atoms with Crippen LogP contribution in [0.5, 0.6) is 0 Å². The highest BCUT2D eigenvalue weighted by Crippen LogP contribution is 2.22. The van der Waals surface area contributed by atoms with E-state index in [4.69, 9.17) is 0 Å². The number of carbonyl (C=O) groups is 2. The highest BCUT2D eigenvalue weighted by Gasteiger charge is 2.47. The first-order chi connectivity index (χ1) is 10.2. The number of β-amino-alcohol motifs (C(OH)–C–C–N with tert-alkyl or cyclic N) is 1. The molecule has 1 aliphatic rings. The Labute approximate surface area is 129 Å². The number of carbonyl (C=O) groups excluding carboxylic acids is 2. The van der Waals surface area contributed by atoms with Crippen molar-refractivity contribution in [3.05, 3.63) is 35.9 Å². The Hall–Kier alpha value is -1.92. The van der Waals surface area contributed by atoms with E-state index in [1.165, 1.54) is 4.90 Å². The van der Waals surface area contributed by atoms with E-state index in [1.54, 1.807) is 30.3 Å². The summed E-state index contributed by atoms with van der Waals surface area (Å²) in [6.45, 7) is 5.36. The average Bonchev–Trinajstić information content (AvgIpc) is 2.73. The summed E-state index contributed by atoms with van der Waals surface area (Å²) in [7, 11) is 0. The van der Waals surface area contributed by atoms with Crippen molar-refractivity contribution in [2.45, 2.75) is 44.6 Å². The van der Waals surface area contributed by atoms with E-state index in [2.05, 4.69) is 5.32 Å². The van der Waals surface area contributed by atoms with Crippen molar-refractivity contribution in [2.75, 3.05) is 6.54 Å². The average molecular weight is 306 g/mol. The fourth-order valence-corrected chi connectivity index (χ4v) is 2.51. The summed E-state index contributed by atoms with van der Waals surface area (Å²) in [4.78, 5) is 26.2. The van der Waals surface area contributed by atoms with Crippen molar-refractivity contribution in [1.29, 1.82) is 0 Å². The van der Waals surface area contributed by atoms with Crippen LogP contribution in [0.25, 0.3) is 0 Å². The molecule has 0 bridgehead atoms. The second-order valence-electron chi connectivity index (χ2n) is 6.57. The number of benzene rings is 1. The lowest BCUT2D eigenvalue weighted by Crippen LogP contribution is -2.54. The van der Waals surface area contributed by atoms with Gasteiger partial charge >= 0.3 is 0 Å². The molecule has 0 spiro atoms. The lowest BCUT2D eigenvalue weighted by molar-refractivity contribution is -0.129. The Morgan fingerprint density at radius 3 is 2.32 bits per heavy atom. The maximum atomic E-state index is 12.5. The first kappa shape index (κ1) is 16.5. The predicted octanol–water partition coefficient (Wildman–Crippen LogP) is 0.147. The molecule has 2 amide bonds. The van der Waals surface area contributed by atoms with Crippen molar-refractivity contribution in [3.63, 3.8) is 0 Å². The molecular weight excluding hydrogens is 284 g/mol. The molecule has 1 aliphatic heterocycles. The van der Waals surface area contributed by atoms with Gasteiger partial charge in [0.1, 0.15) is 18.2 Å². The van der Waals surface area contributed by atoms with Crippen LogP contribution < -0.4 is 5.32 Å². The first-order valence-corrected chi connectivity index (χ1v) is 7.25. The summed E-state index contributed by atoms with van der Waals surface area (Å²) in [5.74, 6) is -0.855. The fourth-order valence-electron chi connectivity index (χ4n) is 2.51. The molecule has 0 unspecified atom stereocenters. The highest BCUT2D eigenvalue weighted by atomic mass is 16.3. The van der Waals surface area contributed by atoms with Crippen LogP contribution in [0.4, 0.5) is 0 Å². The van der Waals surface area contributed by atoms with E-state index >= 15 is 0 Å². The van der Waals surface area contributed by atoms with Crippen LogP contribution in [0.2, 0.25) is 0 Å². The van der Waals surface area contributed by atoms with Gasteiger partial charge < -0.3 is 20.4 Å².